The molecule has 0 saturated carbocycles. The lowest BCUT2D eigenvalue weighted by Crippen LogP contribution is -2.36. The molecule has 2 aromatic carbocycles. The van der Waals surface area contributed by atoms with Crippen LogP contribution in [-0.2, 0) is 13.1 Å². The van der Waals surface area contributed by atoms with E-state index in [0.29, 0.717) is 13.1 Å². The Bertz CT molecular complexity index is 720. The van der Waals surface area contributed by atoms with Crippen molar-refractivity contribution < 1.29 is 9.47 Å². The van der Waals surface area contributed by atoms with Crippen LogP contribution in [0.2, 0.25) is 0 Å². The van der Waals surface area contributed by atoms with Gasteiger partial charge in [-0.25, -0.2) is 4.99 Å². The zero-order chi connectivity index (χ0) is 18.1. The fraction of sp³-hybridized carbons (Fsp3) is 0.350. The predicted octanol–water partition coefficient (Wildman–Crippen LogP) is 3.89. The molecule has 0 atom stereocenters. The molecule has 2 aromatic rings. The first-order valence-corrected chi connectivity index (χ1v) is 8.45. The van der Waals surface area contributed by atoms with Gasteiger partial charge in [-0.3, -0.25) is 0 Å². The number of halogens is 1. The Morgan fingerprint density at radius 3 is 2.46 bits per heavy atom. The SMILES string of the molecule is CCNC(=NCc1cccc(OC)c1)NCc1ccc(OC)c(C)c1.I. The highest BCUT2D eigenvalue weighted by Gasteiger charge is 2.02. The first-order valence-electron chi connectivity index (χ1n) is 8.45. The number of benzene rings is 2. The minimum absolute atomic E-state index is 0. The number of aryl methyl sites for hydroxylation is 1. The van der Waals surface area contributed by atoms with E-state index in [4.69, 9.17) is 9.47 Å². The number of aliphatic imine (C=N–C) groups is 1. The van der Waals surface area contributed by atoms with Gasteiger partial charge in [0.05, 0.1) is 20.8 Å². The van der Waals surface area contributed by atoms with Crippen LogP contribution in [0.4, 0.5) is 0 Å². The van der Waals surface area contributed by atoms with Gasteiger partial charge in [0.25, 0.3) is 0 Å². The molecule has 0 radical (unpaired) electrons. The van der Waals surface area contributed by atoms with E-state index < -0.39 is 0 Å². The molecule has 0 fully saturated rings. The monoisotopic (exact) mass is 469 g/mol. The van der Waals surface area contributed by atoms with Crippen molar-refractivity contribution in [1.82, 2.24) is 10.6 Å². The standard InChI is InChI=1S/C20H27N3O2.HI/c1-5-21-20(22-13-16-7-6-8-18(12-16)24-3)23-14-17-9-10-19(25-4)15(2)11-17;/h6-12H,5,13-14H2,1-4H3,(H2,21,22,23);1H. The van der Waals surface area contributed by atoms with Crippen LogP contribution in [0.1, 0.15) is 23.6 Å². The van der Waals surface area contributed by atoms with Crippen LogP contribution in [0.25, 0.3) is 0 Å². The quantitative estimate of drug-likeness (QED) is 0.367. The normalized spacial score (nSPS) is 10.7. The lowest BCUT2D eigenvalue weighted by molar-refractivity contribution is 0.411. The Labute approximate surface area is 173 Å². The zero-order valence-electron chi connectivity index (χ0n) is 15.8. The van der Waals surface area contributed by atoms with Crippen LogP contribution in [0.15, 0.2) is 47.5 Å². The maximum absolute atomic E-state index is 5.30. The molecule has 0 aliphatic carbocycles. The van der Waals surface area contributed by atoms with Crippen LogP contribution in [0.5, 0.6) is 11.5 Å². The van der Waals surface area contributed by atoms with Crippen LogP contribution < -0.4 is 20.1 Å². The molecule has 0 aromatic heterocycles. The summed E-state index contributed by atoms with van der Waals surface area (Å²) in [6, 6.07) is 14.1. The van der Waals surface area contributed by atoms with E-state index in [0.717, 1.165) is 35.1 Å². The molecule has 0 saturated heterocycles. The van der Waals surface area contributed by atoms with Gasteiger partial charge >= 0.3 is 0 Å². The van der Waals surface area contributed by atoms with E-state index >= 15 is 0 Å². The number of rotatable bonds is 7. The van der Waals surface area contributed by atoms with E-state index in [1.54, 1.807) is 14.2 Å². The van der Waals surface area contributed by atoms with Crippen molar-refractivity contribution in [3.05, 3.63) is 59.2 Å². The first-order chi connectivity index (χ1) is 12.2. The van der Waals surface area contributed by atoms with Crippen molar-refractivity contribution in [3.63, 3.8) is 0 Å². The smallest absolute Gasteiger partial charge is 0.191 e. The van der Waals surface area contributed by atoms with Gasteiger partial charge in [-0.05, 0) is 48.7 Å². The van der Waals surface area contributed by atoms with Gasteiger partial charge in [-0.1, -0.05) is 24.3 Å². The molecular formula is C20H28IN3O2. The van der Waals surface area contributed by atoms with Crippen molar-refractivity contribution >= 4 is 29.9 Å². The second-order valence-corrected chi connectivity index (χ2v) is 5.70. The fourth-order valence-electron chi connectivity index (χ4n) is 2.52. The molecule has 142 valence electrons. The van der Waals surface area contributed by atoms with Crippen molar-refractivity contribution in [3.8, 4) is 11.5 Å². The van der Waals surface area contributed by atoms with E-state index in [1.165, 1.54) is 5.56 Å². The van der Waals surface area contributed by atoms with Gasteiger partial charge in [-0.15, -0.1) is 24.0 Å². The number of ether oxygens (including phenoxy) is 2. The highest BCUT2D eigenvalue weighted by atomic mass is 127. The second-order valence-electron chi connectivity index (χ2n) is 5.70. The zero-order valence-corrected chi connectivity index (χ0v) is 18.2. The fourth-order valence-corrected chi connectivity index (χ4v) is 2.52. The summed E-state index contributed by atoms with van der Waals surface area (Å²) in [5.74, 6) is 2.54. The van der Waals surface area contributed by atoms with Crippen molar-refractivity contribution in [2.45, 2.75) is 26.9 Å². The number of hydrogen-bond donors (Lipinski definition) is 2. The van der Waals surface area contributed by atoms with Crippen molar-refractivity contribution in [2.75, 3.05) is 20.8 Å². The summed E-state index contributed by atoms with van der Waals surface area (Å²) in [6.07, 6.45) is 0. The van der Waals surface area contributed by atoms with Crippen LogP contribution >= 0.6 is 24.0 Å². The molecule has 0 bridgehead atoms. The summed E-state index contributed by atoms with van der Waals surface area (Å²) in [5, 5.41) is 6.64. The predicted molar refractivity (Wildman–Crippen MR) is 118 cm³/mol. The van der Waals surface area contributed by atoms with Crippen molar-refractivity contribution in [2.24, 2.45) is 4.99 Å². The summed E-state index contributed by atoms with van der Waals surface area (Å²) < 4.78 is 10.6. The van der Waals surface area contributed by atoms with Gasteiger partial charge in [0.1, 0.15) is 11.5 Å². The number of methoxy groups -OCH3 is 2. The number of nitrogens with zero attached hydrogens (tertiary/aromatic N) is 1. The lowest BCUT2D eigenvalue weighted by Gasteiger charge is -2.13. The highest BCUT2D eigenvalue weighted by molar-refractivity contribution is 14.0. The van der Waals surface area contributed by atoms with Gasteiger partial charge in [0.2, 0.25) is 0 Å². The summed E-state index contributed by atoms with van der Waals surface area (Å²) >= 11 is 0. The summed E-state index contributed by atoms with van der Waals surface area (Å²) in [6.45, 7) is 6.21. The molecule has 0 unspecified atom stereocenters. The molecule has 26 heavy (non-hydrogen) atoms. The average molecular weight is 469 g/mol. The summed E-state index contributed by atoms with van der Waals surface area (Å²) in [5.41, 5.74) is 3.42. The summed E-state index contributed by atoms with van der Waals surface area (Å²) in [7, 11) is 3.36. The largest absolute Gasteiger partial charge is 0.497 e. The molecular weight excluding hydrogens is 441 g/mol. The van der Waals surface area contributed by atoms with Gasteiger partial charge in [0, 0.05) is 13.1 Å². The van der Waals surface area contributed by atoms with E-state index in [2.05, 4.69) is 34.7 Å². The Morgan fingerprint density at radius 2 is 1.81 bits per heavy atom. The van der Waals surface area contributed by atoms with Gasteiger partial charge in [-0.2, -0.15) is 0 Å². The van der Waals surface area contributed by atoms with Crippen LogP contribution in [-0.4, -0.2) is 26.7 Å². The first kappa shape index (κ1) is 22.1. The molecule has 2 N–H and O–H groups in total. The van der Waals surface area contributed by atoms with Gasteiger partial charge < -0.3 is 20.1 Å². The Hall–Kier alpha value is -1.96. The topological polar surface area (TPSA) is 54.9 Å². The second kappa shape index (κ2) is 11.6. The number of nitrogens with one attached hydrogen (secondary N) is 2. The van der Waals surface area contributed by atoms with Crippen LogP contribution in [0.3, 0.4) is 0 Å². The minimum Gasteiger partial charge on any atom is -0.497 e. The lowest BCUT2D eigenvalue weighted by atomic mass is 10.1. The molecule has 2 rings (SSSR count). The average Bonchev–Trinajstić information content (AvgIpc) is 2.64. The third-order valence-electron chi connectivity index (χ3n) is 3.82. The third kappa shape index (κ3) is 6.74. The number of guanidine groups is 1. The third-order valence-corrected chi connectivity index (χ3v) is 3.82. The molecule has 0 aliphatic heterocycles. The molecule has 0 aliphatic rings. The molecule has 0 spiro atoms. The Morgan fingerprint density at radius 1 is 1.00 bits per heavy atom. The van der Waals surface area contributed by atoms with Crippen LogP contribution in [0, 0.1) is 6.92 Å². The Balaban J connectivity index is 0.00000338. The minimum atomic E-state index is 0. The van der Waals surface area contributed by atoms with Gasteiger partial charge in [0.15, 0.2) is 5.96 Å². The molecule has 0 amide bonds. The summed E-state index contributed by atoms with van der Waals surface area (Å²) in [4.78, 5) is 4.64. The van der Waals surface area contributed by atoms with Crippen molar-refractivity contribution in [1.29, 1.82) is 0 Å². The molecule has 6 heteroatoms. The van der Waals surface area contributed by atoms with E-state index in [9.17, 15) is 0 Å². The molecule has 5 nitrogen and oxygen atoms in total. The number of hydrogen-bond acceptors (Lipinski definition) is 3. The maximum atomic E-state index is 5.30. The highest BCUT2D eigenvalue weighted by Crippen LogP contribution is 2.18. The van der Waals surface area contributed by atoms with E-state index in [-0.39, 0.29) is 24.0 Å². The molecule has 0 heterocycles. The maximum Gasteiger partial charge on any atom is 0.191 e. The Kier molecular flexibility index (Phi) is 9.87. The van der Waals surface area contributed by atoms with E-state index in [1.807, 2.05) is 37.3 Å².